The van der Waals surface area contributed by atoms with Gasteiger partial charge in [0, 0.05) is 56.8 Å². The molecular weight excluding hydrogens is 710 g/mol. The Labute approximate surface area is 322 Å². The van der Waals surface area contributed by atoms with Crippen molar-refractivity contribution in [2.75, 3.05) is 46.9 Å². The molecule has 13 heteroatoms. The van der Waals surface area contributed by atoms with Crippen LogP contribution in [0.1, 0.15) is 74.2 Å². The Morgan fingerprint density at radius 2 is 1.60 bits per heavy atom. The summed E-state index contributed by atoms with van der Waals surface area (Å²) in [5.74, 6) is -1.73. The summed E-state index contributed by atoms with van der Waals surface area (Å²) in [6.45, 7) is 1.27. The average Bonchev–Trinajstić information content (AvgIpc) is 3.20. The molecule has 1 aliphatic carbocycles. The van der Waals surface area contributed by atoms with E-state index in [1.54, 1.807) is 11.9 Å². The zero-order chi connectivity index (χ0) is 39.0. The number of hydrogen-bond acceptors (Lipinski definition) is 7. The Morgan fingerprint density at radius 3 is 2.29 bits per heavy atom. The molecule has 0 radical (unpaired) electrons. The summed E-state index contributed by atoms with van der Waals surface area (Å²) in [5, 5.41) is 5.79. The average molecular weight is 765 g/mol. The molecule has 2 aliphatic rings. The highest BCUT2D eigenvalue weighted by Gasteiger charge is 2.35. The monoisotopic (exact) mass is 764 g/mol. The van der Waals surface area contributed by atoms with Crippen molar-refractivity contribution in [2.24, 2.45) is 11.8 Å². The van der Waals surface area contributed by atoms with Crippen molar-refractivity contribution in [3.8, 4) is 5.75 Å². The number of likely N-dealkylation sites (tertiary alicyclic amines) is 1. The van der Waals surface area contributed by atoms with Crippen LogP contribution in [0.15, 0.2) is 72.8 Å². The molecule has 11 nitrogen and oxygen atoms in total. The van der Waals surface area contributed by atoms with Gasteiger partial charge < -0.3 is 39.4 Å². The molecule has 2 fully saturated rings. The van der Waals surface area contributed by atoms with Crippen LogP contribution in [-0.2, 0) is 27.4 Å². The molecule has 0 unspecified atom stereocenters. The van der Waals surface area contributed by atoms with Gasteiger partial charge in [0.15, 0.2) is 11.6 Å². The van der Waals surface area contributed by atoms with Crippen LogP contribution in [0.25, 0.3) is 0 Å². The predicted molar refractivity (Wildman–Crippen MR) is 203 cm³/mol. The molecule has 0 aromatic heterocycles. The molecular formula is C42H54F2N4O7. The maximum Gasteiger partial charge on any atom is 0.409 e. The van der Waals surface area contributed by atoms with Crippen molar-refractivity contribution < 1.29 is 42.1 Å². The minimum atomic E-state index is -0.880. The number of carbonyl (C=O) groups is 3. The number of nitrogens with one attached hydrogen (secondary N) is 2. The van der Waals surface area contributed by atoms with Crippen LogP contribution in [0, 0.1) is 23.5 Å². The van der Waals surface area contributed by atoms with Gasteiger partial charge in [0.25, 0.3) is 0 Å². The number of benzene rings is 3. The third kappa shape index (κ3) is 12.8. The van der Waals surface area contributed by atoms with Gasteiger partial charge in [-0.25, -0.2) is 23.2 Å². The van der Waals surface area contributed by atoms with Crippen LogP contribution in [0.3, 0.4) is 0 Å². The molecule has 1 aliphatic heterocycles. The predicted octanol–water partition coefficient (Wildman–Crippen LogP) is 7.99. The molecule has 55 heavy (non-hydrogen) atoms. The number of rotatable bonds is 16. The fourth-order valence-corrected chi connectivity index (χ4v) is 7.51. The van der Waals surface area contributed by atoms with Crippen LogP contribution in [-0.4, -0.2) is 81.0 Å². The minimum absolute atomic E-state index is 0.00882. The second kappa shape index (κ2) is 21.3. The maximum absolute atomic E-state index is 15.5. The van der Waals surface area contributed by atoms with Crippen LogP contribution >= 0.6 is 0 Å². The zero-order valence-electron chi connectivity index (χ0n) is 31.9. The van der Waals surface area contributed by atoms with Gasteiger partial charge in [-0.15, -0.1) is 0 Å². The van der Waals surface area contributed by atoms with Crippen LogP contribution in [0.4, 0.5) is 23.2 Å². The number of ether oxygens (including phenoxy) is 4. The summed E-state index contributed by atoms with van der Waals surface area (Å²) in [6, 6.07) is 20.1. The van der Waals surface area contributed by atoms with Crippen molar-refractivity contribution in [1.82, 2.24) is 20.4 Å². The van der Waals surface area contributed by atoms with E-state index in [1.807, 2.05) is 60.7 Å². The van der Waals surface area contributed by atoms with Crippen molar-refractivity contribution in [3.63, 3.8) is 0 Å². The lowest BCUT2D eigenvalue weighted by atomic mass is 9.84. The van der Waals surface area contributed by atoms with E-state index in [0.717, 1.165) is 49.3 Å². The Hall–Kier alpha value is -4.91. The van der Waals surface area contributed by atoms with Gasteiger partial charge in [0.2, 0.25) is 0 Å². The molecule has 0 bridgehead atoms. The fourth-order valence-electron chi connectivity index (χ4n) is 7.51. The van der Waals surface area contributed by atoms with E-state index in [2.05, 4.69) is 15.4 Å². The number of halogens is 2. The van der Waals surface area contributed by atoms with Crippen molar-refractivity contribution >= 4 is 18.2 Å². The number of likely N-dealkylation sites (N-methyl/N-ethyl adjacent to an activating group) is 1. The van der Waals surface area contributed by atoms with E-state index in [0.29, 0.717) is 25.3 Å². The number of carbonyl (C=O) groups excluding carboxylic acids is 3. The summed E-state index contributed by atoms with van der Waals surface area (Å²) >= 11 is 0. The number of amides is 4. The van der Waals surface area contributed by atoms with Gasteiger partial charge in [-0.2, -0.15) is 0 Å². The minimum Gasteiger partial charge on any atom is -0.485 e. The molecule has 4 amide bonds. The van der Waals surface area contributed by atoms with E-state index >= 15 is 4.39 Å². The highest BCUT2D eigenvalue weighted by atomic mass is 19.1. The molecule has 2 N–H and O–H groups in total. The first-order valence-electron chi connectivity index (χ1n) is 19.3. The summed E-state index contributed by atoms with van der Waals surface area (Å²) < 4.78 is 53.0. The molecule has 3 aromatic rings. The smallest absolute Gasteiger partial charge is 0.409 e. The lowest BCUT2D eigenvalue weighted by Crippen LogP contribution is -2.52. The Kier molecular flexibility index (Phi) is 15.9. The molecule has 1 saturated carbocycles. The summed E-state index contributed by atoms with van der Waals surface area (Å²) in [4.78, 5) is 42.0. The lowest BCUT2D eigenvalue weighted by Gasteiger charge is -2.38. The third-order valence-electron chi connectivity index (χ3n) is 10.3. The molecule has 298 valence electrons. The standard InChI is InChI=1S/C42H54F2N4O7/c1-47(42(51)55-29-32-17-10-5-11-18-32)27-35(23-30-13-6-3-7-14-30)46-40(49)48-21-12-19-33(26-48)38(53-22-20-45-41(50)52-2)36-24-34(43)25-37(44)39(36)54-28-31-15-8-4-9-16-31/h4-5,8-11,15-18,24-25,30,33,35,38H,3,6-7,12-14,19-23,26-29H2,1-2H3,(H,45,50)(H,46,49)/t33-,35+,38-/m1/s1. The van der Waals surface area contributed by atoms with E-state index in [1.165, 1.54) is 24.5 Å². The van der Waals surface area contributed by atoms with Crippen LogP contribution < -0.4 is 15.4 Å². The Bertz CT molecular complexity index is 1660. The van der Waals surface area contributed by atoms with Gasteiger partial charge in [-0.05, 0) is 42.4 Å². The molecule has 3 atom stereocenters. The van der Waals surface area contributed by atoms with Crippen molar-refractivity contribution in [2.45, 2.75) is 76.7 Å². The number of nitrogens with zero attached hydrogens (tertiary/aromatic N) is 2. The number of hydrogen-bond donors (Lipinski definition) is 2. The summed E-state index contributed by atoms with van der Waals surface area (Å²) in [5.41, 5.74) is 1.87. The van der Waals surface area contributed by atoms with Gasteiger partial charge >= 0.3 is 18.2 Å². The van der Waals surface area contributed by atoms with E-state index in [9.17, 15) is 18.8 Å². The second-order valence-electron chi connectivity index (χ2n) is 14.4. The Morgan fingerprint density at radius 1 is 0.909 bits per heavy atom. The second-order valence-corrected chi connectivity index (χ2v) is 14.4. The number of methoxy groups -OCH3 is 1. The topological polar surface area (TPSA) is 119 Å². The van der Waals surface area contributed by atoms with E-state index in [-0.39, 0.29) is 68.8 Å². The quantitative estimate of drug-likeness (QED) is 0.142. The first-order valence-corrected chi connectivity index (χ1v) is 19.3. The van der Waals surface area contributed by atoms with Gasteiger partial charge in [0.05, 0.1) is 19.8 Å². The van der Waals surface area contributed by atoms with Crippen LogP contribution in [0.2, 0.25) is 0 Å². The first kappa shape index (κ1) is 41.3. The zero-order valence-corrected chi connectivity index (χ0v) is 31.9. The van der Waals surface area contributed by atoms with Crippen molar-refractivity contribution in [1.29, 1.82) is 0 Å². The largest absolute Gasteiger partial charge is 0.485 e. The van der Waals surface area contributed by atoms with Crippen LogP contribution in [0.5, 0.6) is 5.75 Å². The highest BCUT2D eigenvalue weighted by Crippen LogP contribution is 2.40. The highest BCUT2D eigenvalue weighted by molar-refractivity contribution is 5.75. The SMILES string of the molecule is COC(=O)NCCO[C@@H](c1cc(F)cc(F)c1OCc1ccccc1)[C@@H]1CCCN(C(=O)N[C@@H](CC2CCCCC2)CN(C)C(=O)OCc2ccccc2)C1. The molecule has 1 heterocycles. The summed E-state index contributed by atoms with van der Waals surface area (Å²) in [7, 11) is 2.93. The lowest BCUT2D eigenvalue weighted by molar-refractivity contribution is -0.0108. The van der Waals surface area contributed by atoms with Crippen molar-refractivity contribution in [3.05, 3.63) is 101 Å². The molecule has 3 aromatic carbocycles. The molecule has 1 saturated heterocycles. The fraction of sp³-hybridized carbons (Fsp3) is 0.500. The Balaban J connectivity index is 1.31. The van der Waals surface area contributed by atoms with Gasteiger partial charge in [0.1, 0.15) is 19.0 Å². The van der Waals surface area contributed by atoms with E-state index < -0.39 is 29.9 Å². The van der Waals surface area contributed by atoms with Gasteiger partial charge in [-0.1, -0.05) is 92.8 Å². The summed E-state index contributed by atoms with van der Waals surface area (Å²) in [6.07, 6.45) is 5.59. The normalized spacial score (nSPS) is 17.1. The number of urea groups is 1. The maximum atomic E-state index is 15.5. The number of alkyl carbamates (subject to hydrolysis) is 1. The van der Waals surface area contributed by atoms with E-state index in [4.69, 9.17) is 14.2 Å². The molecule has 0 spiro atoms. The molecule has 5 rings (SSSR count). The number of piperidine rings is 1. The van der Waals surface area contributed by atoms with Gasteiger partial charge in [-0.3, -0.25) is 0 Å². The first-order chi connectivity index (χ1) is 26.7. The third-order valence-corrected chi connectivity index (χ3v) is 10.3.